The molecule has 0 aliphatic heterocycles. The average Bonchev–Trinajstić information content (AvgIpc) is 2.79. The molecule has 6 heteroatoms. The lowest BCUT2D eigenvalue weighted by atomic mass is 10.2. The van der Waals surface area contributed by atoms with Crippen molar-refractivity contribution >= 4 is 38.6 Å². The fourth-order valence-corrected chi connectivity index (χ4v) is 2.80. The molecule has 21 heavy (non-hydrogen) atoms. The molecule has 0 aliphatic carbocycles. The first kappa shape index (κ1) is 14.5. The molecular weight excluding hydrogens is 362 g/mol. The van der Waals surface area contributed by atoms with Crippen LogP contribution in [0.4, 0.5) is 8.78 Å². The van der Waals surface area contributed by atoms with Crippen molar-refractivity contribution in [3.8, 4) is 5.69 Å². The Bertz CT molecular complexity index is 817. The van der Waals surface area contributed by atoms with Crippen molar-refractivity contribution in [2.45, 2.75) is 6.42 Å². The molecule has 2 aromatic carbocycles. The SMILES string of the molecule is Fc1cc(Br)ccc1-n1c(CCCl)nc2c(F)cccc21. The Kier molecular flexibility index (Phi) is 3.95. The summed E-state index contributed by atoms with van der Waals surface area (Å²) in [4.78, 5) is 4.27. The van der Waals surface area contributed by atoms with Crippen LogP contribution in [0, 0.1) is 11.6 Å². The third kappa shape index (κ3) is 2.56. The lowest BCUT2D eigenvalue weighted by molar-refractivity contribution is 0.616. The third-order valence-electron chi connectivity index (χ3n) is 3.17. The summed E-state index contributed by atoms with van der Waals surface area (Å²) >= 11 is 9.00. The summed E-state index contributed by atoms with van der Waals surface area (Å²) in [6.07, 6.45) is 0.422. The molecule has 0 aliphatic rings. The molecule has 0 atom stereocenters. The standard InChI is InChI=1S/C15H10BrClF2N2/c16-9-4-5-12(11(19)8-9)21-13-3-1-2-10(18)15(13)20-14(21)6-7-17/h1-5,8H,6-7H2. The van der Waals surface area contributed by atoms with E-state index in [1.807, 2.05) is 0 Å². The highest BCUT2D eigenvalue weighted by atomic mass is 79.9. The molecule has 2 nitrogen and oxygen atoms in total. The minimum Gasteiger partial charge on any atom is -0.293 e. The van der Waals surface area contributed by atoms with E-state index in [2.05, 4.69) is 20.9 Å². The quantitative estimate of drug-likeness (QED) is 0.602. The van der Waals surface area contributed by atoms with E-state index in [0.717, 1.165) is 0 Å². The van der Waals surface area contributed by atoms with Crippen LogP contribution in [0.1, 0.15) is 5.82 Å². The van der Waals surface area contributed by atoms with E-state index in [-0.39, 0.29) is 5.52 Å². The van der Waals surface area contributed by atoms with Gasteiger partial charge in [-0.05, 0) is 30.3 Å². The van der Waals surface area contributed by atoms with E-state index in [9.17, 15) is 8.78 Å². The van der Waals surface area contributed by atoms with Crippen molar-refractivity contribution in [1.29, 1.82) is 0 Å². The number of fused-ring (bicyclic) bond motifs is 1. The average molecular weight is 372 g/mol. The summed E-state index contributed by atoms with van der Waals surface area (Å²) in [5.41, 5.74) is 1.07. The van der Waals surface area contributed by atoms with Crippen LogP contribution in [0.5, 0.6) is 0 Å². The zero-order valence-corrected chi connectivity index (χ0v) is 13.1. The highest BCUT2D eigenvalue weighted by molar-refractivity contribution is 9.10. The highest BCUT2D eigenvalue weighted by Crippen LogP contribution is 2.27. The number of para-hydroxylation sites is 1. The number of hydrogen-bond acceptors (Lipinski definition) is 1. The summed E-state index contributed by atoms with van der Waals surface area (Å²) in [5.74, 6) is 0.0120. The molecule has 0 N–H and O–H groups in total. The second-order valence-corrected chi connectivity index (χ2v) is 5.80. The second kappa shape index (κ2) is 5.73. The molecule has 3 aromatic rings. The molecule has 108 valence electrons. The van der Waals surface area contributed by atoms with Gasteiger partial charge in [-0.1, -0.05) is 22.0 Å². The predicted molar refractivity (Wildman–Crippen MR) is 83.1 cm³/mol. The Labute approximate surface area is 133 Å². The van der Waals surface area contributed by atoms with E-state index in [0.29, 0.717) is 33.8 Å². The molecule has 3 rings (SSSR count). The Morgan fingerprint density at radius 1 is 1.14 bits per heavy atom. The van der Waals surface area contributed by atoms with Gasteiger partial charge in [-0.3, -0.25) is 4.57 Å². The molecule has 1 aromatic heterocycles. The first-order chi connectivity index (χ1) is 10.1. The van der Waals surface area contributed by atoms with Gasteiger partial charge in [-0.25, -0.2) is 13.8 Å². The Balaban J connectivity index is 2.33. The number of imidazole rings is 1. The van der Waals surface area contributed by atoms with Crippen LogP contribution in [-0.4, -0.2) is 15.4 Å². The Morgan fingerprint density at radius 2 is 1.95 bits per heavy atom. The van der Waals surface area contributed by atoms with Gasteiger partial charge in [-0.15, -0.1) is 11.6 Å². The lowest BCUT2D eigenvalue weighted by Gasteiger charge is -2.10. The van der Waals surface area contributed by atoms with Crippen molar-refractivity contribution in [1.82, 2.24) is 9.55 Å². The summed E-state index contributed by atoms with van der Waals surface area (Å²) in [5, 5.41) is 0. The van der Waals surface area contributed by atoms with Gasteiger partial charge < -0.3 is 0 Å². The molecule has 0 spiro atoms. The second-order valence-electron chi connectivity index (χ2n) is 4.51. The molecule has 0 amide bonds. The Morgan fingerprint density at radius 3 is 2.67 bits per heavy atom. The number of aromatic nitrogens is 2. The van der Waals surface area contributed by atoms with E-state index >= 15 is 0 Å². The van der Waals surface area contributed by atoms with Crippen LogP contribution in [0.25, 0.3) is 16.7 Å². The highest BCUT2D eigenvalue weighted by Gasteiger charge is 2.17. The van der Waals surface area contributed by atoms with Gasteiger partial charge in [0.1, 0.15) is 17.2 Å². The van der Waals surface area contributed by atoms with Gasteiger partial charge in [0.25, 0.3) is 0 Å². The molecule has 0 saturated carbocycles. The monoisotopic (exact) mass is 370 g/mol. The van der Waals surface area contributed by atoms with Crippen molar-refractivity contribution in [3.63, 3.8) is 0 Å². The zero-order valence-electron chi connectivity index (χ0n) is 10.8. The van der Waals surface area contributed by atoms with Crippen molar-refractivity contribution in [2.24, 2.45) is 0 Å². The van der Waals surface area contributed by atoms with Crippen LogP contribution in [0.2, 0.25) is 0 Å². The van der Waals surface area contributed by atoms with Gasteiger partial charge in [0.05, 0.1) is 11.2 Å². The van der Waals surface area contributed by atoms with Crippen LogP contribution in [0.15, 0.2) is 40.9 Å². The molecule has 0 bridgehead atoms. The van der Waals surface area contributed by atoms with Crippen molar-refractivity contribution in [3.05, 3.63) is 58.3 Å². The van der Waals surface area contributed by atoms with Crippen LogP contribution < -0.4 is 0 Å². The maximum Gasteiger partial charge on any atom is 0.151 e. The molecular formula is C15H10BrClF2N2. The topological polar surface area (TPSA) is 17.8 Å². The number of nitrogens with zero attached hydrogens (tertiary/aromatic N) is 2. The maximum absolute atomic E-state index is 14.3. The molecule has 0 radical (unpaired) electrons. The molecule has 0 unspecified atom stereocenters. The summed E-state index contributed by atoms with van der Waals surface area (Å²) < 4.78 is 30.4. The van der Waals surface area contributed by atoms with Gasteiger partial charge >= 0.3 is 0 Å². The third-order valence-corrected chi connectivity index (χ3v) is 3.86. The Hall–Kier alpha value is -1.46. The number of alkyl halides is 1. The molecule has 0 saturated heterocycles. The van der Waals surface area contributed by atoms with Gasteiger partial charge in [0.15, 0.2) is 5.82 Å². The predicted octanol–water partition coefficient (Wildman–Crippen LogP) is 4.85. The van der Waals surface area contributed by atoms with Crippen LogP contribution >= 0.6 is 27.5 Å². The van der Waals surface area contributed by atoms with Crippen molar-refractivity contribution in [2.75, 3.05) is 5.88 Å². The fourth-order valence-electron chi connectivity index (χ4n) is 2.30. The minimum atomic E-state index is -0.431. The first-order valence-electron chi connectivity index (χ1n) is 6.29. The first-order valence-corrected chi connectivity index (χ1v) is 7.62. The van der Waals surface area contributed by atoms with Gasteiger partial charge in [-0.2, -0.15) is 0 Å². The van der Waals surface area contributed by atoms with Crippen LogP contribution in [-0.2, 0) is 6.42 Å². The van der Waals surface area contributed by atoms with Crippen LogP contribution in [0.3, 0.4) is 0 Å². The summed E-state index contributed by atoms with van der Waals surface area (Å²) in [7, 11) is 0. The fraction of sp³-hybridized carbons (Fsp3) is 0.133. The molecule has 0 fully saturated rings. The van der Waals surface area contributed by atoms with Gasteiger partial charge in [0, 0.05) is 16.8 Å². The smallest absolute Gasteiger partial charge is 0.151 e. The number of aryl methyl sites for hydroxylation is 1. The number of rotatable bonds is 3. The zero-order chi connectivity index (χ0) is 15.0. The minimum absolute atomic E-state index is 0.222. The van der Waals surface area contributed by atoms with E-state index in [4.69, 9.17) is 11.6 Å². The number of benzene rings is 2. The van der Waals surface area contributed by atoms with E-state index in [1.165, 1.54) is 12.1 Å². The summed E-state index contributed by atoms with van der Waals surface area (Å²) in [6, 6.07) is 9.35. The lowest BCUT2D eigenvalue weighted by Crippen LogP contribution is -2.04. The van der Waals surface area contributed by atoms with Crippen molar-refractivity contribution < 1.29 is 8.78 Å². The normalized spacial score (nSPS) is 11.2. The number of hydrogen-bond donors (Lipinski definition) is 0. The van der Waals surface area contributed by atoms with E-state index in [1.54, 1.807) is 28.8 Å². The number of halogens is 4. The molecule has 1 heterocycles. The maximum atomic E-state index is 14.3. The largest absolute Gasteiger partial charge is 0.293 e. The summed E-state index contributed by atoms with van der Waals surface area (Å²) in [6.45, 7) is 0. The van der Waals surface area contributed by atoms with Gasteiger partial charge in [0.2, 0.25) is 0 Å². The van der Waals surface area contributed by atoms with E-state index < -0.39 is 11.6 Å².